The number of rotatable bonds is 10. The van der Waals surface area contributed by atoms with E-state index in [1.807, 2.05) is 31.2 Å². The molecular formula is C29H38ClNO. The van der Waals surface area contributed by atoms with E-state index in [-0.39, 0.29) is 5.92 Å². The molecule has 0 saturated heterocycles. The third-order valence-electron chi connectivity index (χ3n) is 6.89. The molecule has 3 rings (SSSR count). The van der Waals surface area contributed by atoms with Crippen LogP contribution >= 0.6 is 11.6 Å². The fourth-order valence-corrected chi connectivity index (χ4v) is 5.24. The van der Waals surface area contributed by atoms with Crippen LogP contribution < -0.4 is 0 Å². The maximum atomic E-state index is 13.1. The predicted molar refractivity (Wildman–Crippen MR) is 137 cm³/mol. The van der Waals surface area contributed by atoms with Crippen LogP contribution in [0.1, 0.15) is 88.3 Å². The van der Waals surface area contributed by atoms with Crippen LogP contribution in [0.2, 0.25) is 5.02 Å². The number of Topliss-reactive ketones (excluding diaryl/α,β-unsaturated/α-hetero) is 1. The normalized spacial score (nSPS) is 16.2. The van der Waals surface area contributed by atoms with E-state index in [0.717, 1.165) is 72.5 Å². The van der Waals surface area contributed by atoms with Crippen molar-refractivity contribution in [3.63, 3.8) is 0 Å². The fourth-order valence-electron chi connectivity index (χ4n) is 4.99. The van der Waals surface area contributed by atoms with Crippen LogP contribution in [0.15, 0.2) is 47.5 Å². The van der Waals surface area contributed by atoms with Crippen LogP contribution in [-0.4, -0.2) is 11.5 Å². The van der Waals surface area contributed by atoms with Gasteiger partial charge in [0.2, 0.25) is 0 Å². The number of aliphatic imine (C=N–C) groups is 1. The molecule has 0 radical (unpaired) electrons. The van der Waals surface area contributed by atoms with Crippen LogP contribution in [0.3, 0.4) is 0 Å². The first-order valence-corrected chi connectivity index (χ1v) is 12.8. The predicted octanol–water partition coefficient (Wildman–Crippen LogP) is 8.68. The van der Waals surface area contributed by atoms with Gasteiger partial charge in [0.05, 0.1) is 5.69 Å². The minimum atomic E-state index is 0.235. The van der Waals surface area contributed by atoms with Gasteiger partial charge in [-0.3, -0.25) is 9.79 Å². The van der Waals surface area contributed by atoms with E-state index in [1.54, 1.807) is 0 Å². The third kappa shape index (κ3) is 6.78. The van der Waals surface area contributed by atoms with E-state index in [4.69, 9.17) is 16.6 Å². The van der Waals surface area contributed by atoms with E-state index < -0.39 is 0 Å². The van der Waals surface area contributed by atoms with Gasteiger partial charge in [0.15, 0.2) is 0 Å². The summed E-state index contributed by atoms with van der Waals surface area (Å²) in [4.78, 5) is 17.9. The summed E-state index contributed by atoms with van der Waals surface area (Å²) in [5.74, 6) is 1.10. The maximum Gasteiger partial charge on any atom is 0.139 e. The van der Waals surface area contributed by atoms with Gasteiger partial charge in [0.25, 0.3) is 0 Å². The van der Waals surface area contributed by atoms with Gasteiger partial charge in [0.1, 0.15) is 5.78 Å². The molecule has 0 amide bonds. The minimum Gasteiger partial charge on any atom is -0.299 e. The van der Waals surface area contributed by atoms with Crippen LogP contribution in [0.4, 0.5) is 5.69 Å². The number of para-hydroxylation sites is 1. The van der Waals surface area contributed by atoms with Gasteiger partial charge in [-0.15, -0.1) is 0 Å². The minimum absolute atomic E-state index is 0.235. The van der Waals surface area contributed by atoms with E-state index >= 15 is 0 Å². The SMILES string of the molecule is CCCC(CCCc1ccc(Cl)c(C(C)=Nc2ccccc2C)c1)C(=O)C1CCCCC1. The number of hydrogen-bond donors (Lipinski definition) is 0. The van der Waals surface area contributed by atoms with Crippen molar-refractivity contribution in [2.75, 3.05) is 0 Å². The number of carbonyl (C=O) groups excluding carboxylic acids is 1. The van der Waals surface area contributed by atoms with Crippen molar-refractivity contribution >= 4 is 28.8 Å². The number of carbonyl (C=O) groups is 1. The van der Waals surface area contributed by atoms with Crippen molar-refractivity contribution < 1.29 is 4.79 Å². The quantitative estimate of drug-likeness (QED) is 0.332. The van der Waals surface area contributed by atoms with E-state index in [2.05, 4.69) is 32.0 Å². The summed E-state index contributed by atoms with van der Waals surface area (Å²) < 4.78 is 0. The Labute approximate surface area is 199 Å². The first-order chi connectivity index (χ1) is 15.5. The lowest BCUT2D eigenvalue weighted by Crippen LogP contribution is -2.25. The van der Waals surface area contributed by atoms with Gasteiger partial charge in [0, 0.05) is 28.1 Å². The highest BCUT2D eigenvalue weighted by molar-refractivity contribution is 6.34. The molecule has 172 valence electrons. The van der Waals surface area contributed by atoms with Gasteiger partial charge in [-0.2, -0.15) is 0 Å². The zero-order chi connectivity index (χ0) is 22.9. The Morgan fingerprint density at radius 3 is 2.56 bits per heavy atom. The standard InChI is InChI=1S/C29H38ClNO/c1-4-11-24(29(32)25-14-6-5-7-15-25)16-10-13-23-18-19-27(30)26(20-23)22(3)31-28-17-9-8-12-21(28)2/h8-9,12,17-20,24-25H,4-7,10-11,13-16H2,1-3H3. The fraction of sp³-hybridized carbons (Fsp3) is 0.517. The molecular weight excluding hydrogens is 414 g/mol. The van der Waals surface area contributed by atoms with Crippen molar-refractivity contribution in [3.8, 4) is 0 Å². The lowest BCUT2D eigenvalue weighted by atomic mass is 9.78. The van der Waals surface area contributed by atoms with Gasteiger partial charge in [-0.1, -0.05) is 68.5 Å². The van der Waals surface area contributed by atoms with Gasteiger partial charge in [-0.05, 0) is 81.7 Å². The second-order valence-corrected chi connectivity index (χ2v) is 9.82. The molecule has 1 aliphatic rings. The van der Waals surface area contributed by atoms with Crippen molar-refractivity contribution in [2.45, 2.75) is 85.0 Å². The lowest BCUT2D eigenvalue weighted by Gasteiger charge is -2.25. The molecule has 2 aromatic carbocycles. The van der Waals surface area contributed by atoms with Crippen molar-refractivity contribution in [1.82, 2.24) is 0 Å². The highest BCUT2D eigenvalue weighted by Gasteiger charge is 2.27. The zero-order valence-corrected chi connectivity index (χ0v) is 20.8. The molecule has 1 atom stereocenters. The summed E-state index contributed by atoms with van der Waals surface area (Å²) in [7, 11) is 0. The molecule has 2 nitrogen and oxygen atoms in total. The lowest BCUT2D eigenvalue weighted by molar-refractivity contribution is -0.128. The van der Waals surface area contributed by atoms with E-state index in [0.29, 0.717) is 11.7 Å². The molecule has 0 N–H and O–H groups in total. The largest absolute Gasteiger partial charge is 0.299 e. The highest BCUT2D eigenvalue weighted by Crippen LogP contribution is 2.30. The van der Waals surface area contributed by atoms with Crippen LogP contribution in [0.25, 0.3) is 0 Å². The average molecular weight is 452 g/mol. The van der Waals surface area contributed by atoms with Gasteiger partial charge in [-0.25, -0.2) is 0 Å². The summed E-state index contributed by atoms with van der Waals surface area (Å²) >= 11 is 6.52. The molecule has 0 heterocycles. The number of ketones is 1. The Bertz CT molecular complexity index is 927. The Hall–Kier alpha value is -1.93. The average Bonchev–Trinajstić information content (AvgIpc) is 2.81. The van der Waals surface area contributed by atoms with Crippen molar-refractivity contribution in [1.29, 1.82) is 0 Å². The molecule has 0 spiro atoms. The van der Waals surface area contributed by atoms with Gasteiger partial charge < -0.3 is 0 Å². The molecule has 2 aromatic rings. The van der Waals surface area contributed by atoms with Crippen molar-refractivity contribution in [2.24, 2.45) is 16.8 Å². The number of halogens is 1. The Morgan fingerprint density at radius 2 is 1.84 bits per heavy atom. The van der Waals surface area contributed by atoms with E-state index in [9.17, 15) is 4.79 Å². The molecule has 1 fully saturated rings. The molecule has 32 heavy (non-hydrogen) atoms. The smallest absolute Gasteiger partial charge is 0.139 e. The first-order valence-electron chi connectivity index (χ1n) is 12.4. The summed E-state index contributed by atoms with van der Waals surface area (Å²) in [6, 6.07) is 14.4. The summed E-state index contributed by atoms with van der Waals surface area (Å²) in [6.45, 7) is 6.30. The molecule has 0 aromatic heterocycles. The second kappa shape index (κ2) is 12.3. The molecule has 1 saturated carbocycles. The van der Waals surface area contributed by atoms with Crippen molar-refractivity contribution in [3.05, 3.63) is 64.2 Å². The number of aryl methyl sites for hydroxylation is 2. The van der Waals surface area contributed by atoms with Gasteiger partial charge >= 0.3 is 0 Å². The summed E-state index contributed by atoms with van der Waals surface area (Å²) in [5, 5.41) is 0.736. The summed E-state index contributed by atoms with van der Waals surface area (Å²) in [5.41, 5.74) is 5.33. The number of benzene rings is 2. The highest BCUT2D eigenvalue weighted by atomic mass is 35.5. The van der Waals surface area contributed by atoms with E-state index in [1.165, 1.54) is 24.8 Å². The Kier molecular flexibility index (Phi) is 9.53. The first kappa shape index (κ1) is 24.7. The topological polar surface area (TPSA) is 29.4 Å². The van der Waals surface area contributed by atoms with Crippen LogP contribution in [0.5, 0.6) is 0 Å². The number of nitrogens with zero attached hydrogens (tertiary/aromatic N) is 1. The maximum absolute atomic E-state index is 13.1. The third-order valence-corrected chi connectivity index (χ3v) is 7.22. The van der Waals surface area contributed by atoms with Crippen LogP contribution in [0, 0.1) is 18.8 Å². The zero-order valence-electron chi connectivity index (χ0n) is 20.0. The molecule has 3 heteroatoms. The molecule has 0 aliphatic heterocycles. The summed E-state index contributed by atoms with van der Waals surface area (Å²) in [6.07, 6.45) is 11.1. The monoisotopic (exact) mass is 451 g/mol. The van der Waals surface area contributed by atoms with Crippen LogP contribution in [-0.2, 0) is 11.2 Å². The Morgan fingerprint density at radius 1 is 1.09 bits per heavy atom. The second-order valence-electron chi connectivity index (χ2n) is 9.41. The molecule has 0 bridgehead atoms. The molecule has 1 unspecified atom stereocenters. The Balaban J connectivity index is 1.64. The molecule has 1 aliphatic carbocycles. The number of hydrogen-bond acceptors (Lipinski definition) is 2.